The molecule has 2 rings (SSSR count). The van der Waals surface area contributed by atoms with Gasteiger partial charge in [-0.3, -0.25) is 0 Å². The number of nitrogens with zero attached hydrogens (tertiary/aromatic N) is 3. The molecule has 1 aliphatic rings. The van der Waals surface area contributed by atoms with Gasteiger partial charge in [-0.15, -0.1) is 0 Å². The highest BCUT2D eigenvalue weighted by Gasteiger charge is 2.27. The van der Waals surface area contributed by atoms with Crippen molar-refractivity contribution in [2.45, 2.75) is 65.0 Å². The van der Waals surface area contributed by atoms with Crippen molar-refractivity contribution >= 4 is 11.9 Å². The van der Waals surface area contributed by atoms with E-state index in [4.69, 9.17) is 4.74 Å². The normalized spacial score (nSPS) is 18.9. The minimum atomic E-state index is -0.476. The van der Waals surface area contributed by atoms with Crippen LogP contribution in [0.15, 0.2) is 12.3 Å². The van der Waals surface area contributed by atoms with E-state index in [9.17, 15) is 4.79 Å². The first-order chi connectivity index (χ1) is 10.5. The molecule has 2 heterocycles. The lowest BCUT2D eigenvalue weighted by Gasteiger charge is -2.23. The number of hydrogen-bond donors (Lipinski definition) is 1. The summed E-state index contributed by atoms with van der Waals surface area (Å²) in [5.74, 6) is 1.75. The SMILES string of the molecule is CC(C)(C)OC(=O)NC1CCN(c2ccnc(C(C)(C)C)n2)C1. The molecular formula is C17H28N4O2. The Morgan fingerprint density at radius 3 is 2.61 bits per heavy atom. The standard InChI is InChI=1S/C17H28N4O2/c1-16(2,3)14-18-9-7-13(20-14)21-10-8-12(11-21)19-15(22)23-17(4,5)6/h7,9,12H,8,10-11H2,1-6H3,(H,19,22). The summed E-state index contributed by atoms with van der Waals surface area (Å²) in [4.78, 5) is 23.1. The lowest BCUT2D eigenvalue weighted by atomic mass is 9.96. The Labute approximate surface area is 138 Å². The van der Waals surface area contributed by atoms with E-state index in [1.807, 2.05) is 26.8 Å². The van der Waals surface area contributed by atoms with Gasteiger partial charge < -0.3 is 15.0 Å². The molecule has 0 saturated carbocycles. The molecule has 23 heavy (non-hydrogen) atoms. The number of aromatic nitrogens is 2. The molecule has 1 unspecified atom stereocenters. The number of ether oxygens (including phenoxy) is 1. The number of nitrogens with one attached hydrogen (secondary N) is 1. The summed E-state index contributed by atoms with van der Waals surface area (Å²) in [6.45, 7) is 13.5. The number of carbonyl (C=O) groups excluding carboxylic acids is 1. The number of alkyl carbamates (subject to hydrolysis) is 1. The van der Waals surface area contributed by atoms with Crippen LogP contribution in [-0.4, -0.2) is 40.8 Å². The van der Waals surface area contributed by atoms with Crippen LogP contribution in [-0.2, 0) is 10.2 Å². The number of amides is 1. The molecule has 1 saturated heterocycles. The van der Waals surface area contributed by atoms with Gasteiger partial charge in [0.05, 0.1) is 6.04 Å². The first-order valence-electron chi connectivity index (χ1n) is 8.12. The molecular weight excluding hydrogens is 292 g/mol. The Hall–Kier alpha value is -1.85. The van der Waals surface area contributed by atoms with Gasteiger partial charge >= 0.3 is 6.09 Å². The van der Waals surface area contributed by atoms with Gasteiger partial charge in [0, 0.05) is 24.7 Å². The highest BCUT2D eigenvalue weighted by molar-refractivity contribution is 5.68. The van der Waals surface area contributed by atoms with Gasteiger partial charge in [-0.05, 0) is 33.3 Å². The van der Waals surface area contributed by atoms with Gasteiger partial charge in [-0.1, -0.05) is 20.8 Å². The maximum Gasteiger partial charge on any atom is 0.407 e. The molecule has 1 aliphatic heterocycles. The smallest absolute Gasteiger partial charge is 0.407 e. The number of hydrogen-bond acceptors (Lipinski definition) is 5. The Bertz CT molecular complexity index is 560. The van der Waals surface area contributed by atoms with Crippen molar-refractivity contribution in [3.8, 4) is 0 Å². The van der Waals surface area contributed by atoms with E-state index >= 15 is 0 Å². The third kappa shape index (κ3) is 5.08. The maximum absolute atomic E-state index is 11.9. The predicted octanol–water partition coefficient (Wildman–Crippen LogP) is 2.88. The largest absolute Gasteiger partial charge is 0.444 e. The lowest BCUT2D eigenvalue weighted by molar-refractivity contribution is 0.0509. The van der Waals surface area contributed by atoms with Crippen LogP contribution in [0.5, 0.6) is 0 Å². The predicted molar refractivity (Wildman–Crippen MR) is 90.7 cm³/mol. The Balaban J connectivity index is 1.97. The lowest BCUT2D eigenvalue weighted by Crippen LogP contribution is -2.40. The van der Waals surface area contributed by atoms with Crippen molar-refractivity contribution in [1.29, 1.82) is 0 Å². The molecule has 1 amide bonds. The van der Waals surface area contributed by atoms with Crippen LogP contribution >= 0.6 is 0 Å². The molecule has 6 heteroatoms. The van der Waals surface area contributed by atoms with Crippen LogP contribution in [0.2, 0.25) is 0 Å². The Morgan fingerprint density at radius 2 is 2.00 bits per heavy atom. The second kappa shape index (κ2) is 6.34. The van der Waals surface area contributed by atoms with E-state index < -0.39 is 5.60 Å². The fourth-order valence-corrected chi connectivity index (χ4v) is 2.45. The third-order valence-electron chi connectivity index (χ3n) is 3.54. The topological polar surface area (TPSA) is 67.3 Å². The Morgan fingerprint density at radius 1 is 1.30 bits per heavy atom. The van der Waals surface area contributed by atoms with E-state index in [0.29, 0.717) is 0 Å². The first kappa shape index (κ1) is 17.5. The van der Waals surface area contributed by atoms with E-state index in [2.05, 4.69) is 41.0 Å². The van der Waals surface area contributed by atoms with Gasteiger partial charge in [-0.25, -0.2) is 14.8 Å². The van der Waals surface area contributed by atoms with Crippen molar-refractivity contribution in [1.82, 2.24) is 15.3 Å². The zero-order valence-corrected chi connectivity index (χ0v) is 15.0. The van der Waals surface area contributed by atoms with Gasteiger partial charge in [-0.2, -0.15) is 0 Å². The van der Waals surface area contributed by atoms with Crippen molar-refractivity contribution < 1.29 is 9.53 Å². The summed E-state index contributed by atoms with van der Waals surface area (Å²) < 4.78 is 5.31. The van der Waals surface area contributed by atoms with Crippen LogP contribution in [0.1, 0.15) is 53.8 Å². The van der Waals surface area contributed by atoms with Gasteiger partial charge in [0.15, 0.2) is 0 Å². The van der Waals surface area contributed by atoms with Crippen molar-refractivity contribution in [3.05, 3.63) is 18.1 Å². The minimum Gasteiger partial charge on any atom is -0.444 e. The average molecular weight is 320 g/mol. The monoisotopic (exact) mass is 320 g/mol. The maximum atomic E-state index is 11.9. The fourth-order valence-electron chi connectivity index (χ4n) is 2.45. The van der Waals surface area contributed by atoms with Gasteiger partial charge in [0.2, 0.25) is 0 Å². The van der Waals surface area contributed by atoms with Crippen molar-refractivity contribution in [2.24, 2.45) is 0 Å². The summed E-state index contributed by atoms with van der Waals surface area (Å²) >= 11 is 0. The minimum absolute atomic E-state index is 0.0795. The summed E-state index contributed by atoms with van der Waals surface area (Å²) in [5, 5.41) is 2.93. The van der Waals surface area contributed by atoms with Crippen LogP contribution in [0.3, 0.4) is 0 Å². The molecule has 1 fully saturated rings. The van der Waals surface area contributed by atoms with E-state index in [0.717, 1.165) is 31.2 Å². The van der Waals surface area contributed by atoms with E-state index in [-0.39, 0.29) is 17.6 Å². The molecule has 0 aliphatic carbocycles. The van der Waals surface area contributed by atoms with Crippen LogP contribution in [0.4, 0.5) is 10.6 Å². The molecule has 0 bridgehead atoms. The zero-order valence-electron chi connectivity index (χ0n) is 15.0. The molecule has 6 nitrogen and oxygen atoms in total. The second-order valence-electron chi connectivity index (χ2n) is 8.07. The highest BCUT2D eigenvalue weighted by Crippen LogP contribution is 2.23. The quantitative estimate of drug-likeness (QED) is 0.907. The summed E-state index contributed by atoms with van der Waals surface area (Å²) in [6, 6.07) is 2.00. The van der Waals surface area contributed by atoms with Crippen molar-refractivity contribution in [3.63, 3.8) is 0 Å². The molecule has 0 radical (unpaired) electrons. The van der Waals surface area contributed by atoms with Crippen LogP contribution in [0, 0.1) is 0 Å². The molecule has 1 atom stereocenters. The molecule has 1 N–H and O–H groups in total. The zero-order chi connectivity index (χ0) is 17.3. The average Bonchev–Trinajstić information content (AvgIpc) is 2.84. The second-order valence-corrected chi connectivity index (χ2v) is 8.07. The fraction of sp³-hybridized carbons (Fsp3) is 0.706. The molecule has 1 aromatic rings. The van der Waals surface area contributed by atoms with Gasteiger partial charge in [0.25, 0.3) is 0 Å². The van der Waals surface area contributed by atoms with Crippen LogP contribution in [0.25, 0.3) is 0 Å². The molecule has 0 aromatic carbocycles. The van der Waals surface area contributed by atoms with Gasteiger partial charge in [0.1, 0.15) is 17.2 Å². The van der Waals surface area contributed by atoms with E-state index in [1.54, 1.807) is 6.20 Å². The number of anilines is 1. The Kier molecular flexibility index (Phi) is 4.82. The number of carbonyl (C=O) groups is 1. The summed E-state index contributed by atoms with van der Waals surface area (Å²) in [5.41, 5.74) is -0.555. The molecule has 0 spiro atoms. The van der Waals surface area contributed by atoms with Crippen molar-refractivity contribution in [2.75, 3.05) is 18.0 Å². The summed E-state index contributed by atoms with van der Waals surface area (Å²) in [6.07, 6.45) is 2.33. The molecule has 128 valence electrons. The third-order valence-corrected chi connectivity index (χ3v) is 3.54. The van der Waals surface area contributed by atoms with Crippen LogP contribution < -0.4 is 10.2 Å². The number of rotatable bonds is 2. The highest BCUT2D eigenvalue weighted by atomic mass is 16.6. The first-order valence-corrected chi connectivity index (χ1v) is 8.12. The van der Waals surface area contributed by atoms with E-state index in [1.165, 1.54) is 0 Å². The molecule has 1 aromatic heterocycles. The summed E-state index contributed by atoms with van der Waals surface area (Å²) in [7, 11) is 0.